The number of ether oxygens (including phenoxy) is 3. The van der Waals surface area contributed by atoms with E-state index >= 15 is 4.39 Å². The van der Waals surface area contributed by atoms with Gasteiger partial charge in [-0.2, -0.15) is 5.10 Å². The smallest absolute Gasteiger partial charge is 0.410 e. The average molecular weight is 813 g/mol. The number of anilines is 1. The largest absolute Gasteiger partial charge is 0.483 e. The molecule has 2 aromatic heterocycles. The molecule has 3 aliphatic rings. The van der Waals surface area contributed by atoms with Crippen molar-refractivity contribution in [2.24, 2.45) is 0 Å². The predicted molar refractivity (Wildman–Crippen MR) is 222 cm³/mol. The third-order valence-corrected chi connectivity index (χ3v) is 13.1. The highest BCUT2D eigenvalue weighted by Crippen LogP contribution is 2.54. The third kappa shape index (κ3) is 7.60. The number of benzene rings is 3. The molecule has 4 heterocycles. The van der Waals surface area contributed by atoms with E-state index in [1.165, 1.54) is 6.07 Å². The number of carbonyl (C=O) groups excluding carboxylic acids is 1. The Balaban J connectivity index is 1.39. The van der Waals surface area contributed by atoms with Crippen LogP contribution in [-0.2, 0) is 19.3 Å². The van der Waals surface area contributed by atoms with Crippen LogP contribution in [0.2, 0.25) is 0 Å². The van der Waals surface area contributed by atoms with Crippen molar-refractivity contribution in [1.82, 2.24) is 24.6 Å². The number of amides is 1. The maximum absolute atomic E-state index is 16.5. The Hall–Kier alpha value is -4.82. The van der Waals surface area contributed by atoms with Crippen molar-refractivity contribution in [3.05, 3.63) is 71.2 Å². The van der Waals surface area contributed by atoms with E-state index in [0.29, 0.717) is 70.8 Å². The second-order valence-corrected chi connectivity index (χ2v) is 19.1. The molecule has 0 bridgehead atoms. The van der Waals surface area contributed by atoms with Crippen molar-refractivity contribution < 1.29 is 31.8 Å². The minimum atomic E-state index is -3.94. The van der Waals surface area contributed by atoms with E-state index in [1.807, 2.05) is 70.0 Å². The van der Waals surface area contributed by atoms with Crippen molar-refractivity contribution in [2.75, 3.05) is 37.4 Å². The summed E-state index contributed by atoms with van der Waals surface area (Å²) in [4.78, 5) is 26.4. The molecule has 0 N–H and O–H groups in total. The Morgan fingerprint density at radius 1 is 1.05 bits per heavy atom. The molecule has 3 atom stereocenters. The highest BCUT2D eigenvalue weighted by Gasteiger charge is 2.37. The molecule has 1 saturated carbocycles. The Labute approximate surface area is 339 Å². The minimum Gasteiger partial charge on any atom is -0.483 e. The molecule has 2 saturated heterocycles. The van der Waals surface area contributed by atoms with Crippen LogP contribution in [0.25, 0.3) is 32.9 Å². The monoisotopic (exact) mass is 812 g/mol. The van der Waals surface area contributed by atoms with Gasteiger partial charge in [0, 0.05) is 60.8 Å². The van der Waals surface area contributed by atoms with Gasteiger partial charge in [-0.15, -0.1) is 0 Å². The molecule has 12 nitrogen and oxygen atoms in total. The summed E-state index contributed by atoms with van der Waals surface area (Å²) in [5.74, 6) is 0.306. The SMILES string of the molecule is CCS(=O)(=O)c1nc(N(C)[C@H]2CCN(C(=O)OC(C)(C)C)C2)c2cc(C3CC3)c(-c3c(C)c(F)cc4c3cnn4C3CCCCO3)c(O[C@@H](C)c3ccccc3)c2n1. The van der Waals surface area contributed by atoms with Crippen molar-refractivity contribution in [3.63, 3.8) is 0 Å². The summed E-state index contributed by atoms with van der Waals surface area (Å²) >= 11 is 0. The number of halogens is 1. The van der Waals surface area contributed by atoms with E-state index in [0.717, 1.165) is 48.6 Å². The lowest BCUT2D eigenvalue weighted by atomic mass is 9.88. The van der Waals surface area contributed by atoms with Crippen LogP contribution < -0.4 is 9.64 Å². The lowest BCUT2D eigenvalue weighted by Gasteiger charge is -2.29. The molecular formula is C44H53FN6O6S. The summed E-state index contributed by atoms with van der Waals surface area (Å²) in [6.07, 6.45) is 5.74. The van der Waals surface area contributed by atoms with Gasteiger partial charge in [-0.3, -0.25) is 0 Å². The summed E-state index contributed by atoms with van der Waals surface area (Å²) in [6, 6.07) is 13.2. The molecule has 14 heteroatoms. The first kappa shape index (κ1) is 40.0. The van der Waals surface area contributed by atoms with E-state index in [2.05, 4.69) is 6.07 Å². The molecule has 1 amide bonds. The van der Waals surface area contributed by atoms with Gasteiger partial charge in [0.15, 0.2) is 12.0 Å². The number of nitrogens with zero attached hydrogens (tertiary/aromatic N) is 6. The van der Waals surface area contributed by atoms with Gasteiger partial charge in [-0.1, -0.05) is 37.3 Å². The standard InChI is InChI=1S/C44H53FN6O6S/c1-8-58(53,54)42-47-39-32(41(48-42)49(7)30-19-20-50(25-30)43(52)57-44(4,5)6)22-31(29-17-18-29)38(40(39)56-27(3)28-14-10-9-11-15-28)37-26(2)34(45)23-35-33(37)24-46-51(35)36-16-12-13-21-55-36/h9-11,14-15,22-24,27,29-30,36H,8,12-13,16-21,25H2,1-7H3/t27-,30-,36?/m0/s1. The Morgan fingerprint density at radius 3 is 2.48 bits per heavy atom. The fourth-order valence-corrected chi connectivity index (χ4v) is 8.98. The fraction of sp³-hybridized carbons (Fsp3) is 0.500. The first-order chi connectivity index (χ1) is 27.6. The zero-order valence-electron chi connectivity index (χ0n) is 34.4. The van der Waals surface area contributed by atoms with Gasteiger partial charge in [0.2, 0.25) is 15.0 Å². The number of hydrogen-bond acceptors (Lipinski definition) is 10. The number of aromatic nitrogens is 4. The second kappa shape index (κ2) is 15.4. The highest BCUT2D eigenvalue weighted by atomic mass is 32.2. The number of sulfone groups is 1. The van der Waals surface area contributed by atoms with E-state index in [1.54, 1.807) is 29.6 Å². The normalized spacial score (nSPS) is 19.5. The Morgan fingerprint density at radius 2 is 1.81 bits per heavy atom. The highest BCUT2D eigenvalue weighted by molar-refractivity contribution is 7.91. The molecule has 5 aromatic rings. The van der Waals surface area contributed by atoms with Crippen molar-refractivity contribution >= 4 is 43.6 Å². The molecule has 8 rings (SSSR count). The average Bonchev–Trinajstić information content (AvgIpc) is 3.78. The topological polar surface area (TPSA) is 129 Å². The molecule has 0 radical (unpaired) electrons. The molecule has 308 valence electrons. The molecule has 1 unspecified atom stereocenters. The lowest BCUT2D eigenvalue weighted by molar-refractivity contribution is -0.0366. The lowest BCUT2D eigenvalue weighted by Crippen LogP contribution is -2.39. The predicted octanol–water partition coefficient (Wildman–Crippen LogP) is 9.05. The summed E-state index contributed by atoms with van der Waals surface area (Å²) in [5.41, 5.74) is 3.87. The molecular weight excluding hydrogens is 760 g/mol. The van der Waals surface area contributed by atoms with Gasteiger partial charge in [0.1, 0.15) is 28.9 Å². The van der Waals surface area contributed by atoms with Crippen LogP contribution in [0.15, 0.2) is 53.8 Å². The van der Waals surface area contributed by atoms with E-state index in [4.69, 9.17) is 29.3 Å². The van der Waals surface area contributed by atoms with Crippen LogP contribution in [0.1, 0.15) is 108 Å². The van der Waals surface area contributed by atoms with Gasteiger partial charge in [-0.25, -0.2) is 32.3 Å². The number of fused-ring (bicyclic) bond motifs is 2. The molecule has 1 aliphatic carbocycles. The summed E-state index contributed by atoms with van der Waals surface area (Å²) < 4.78 is 64.8. The van der Waals surface area contributed by atoms with Crippen molar-refractivity contribution in [3.8, 4) is 16.9 Å². The van der Waals surface area contributed by atoms with E-state index in [9.17, 15) is 13.2 Å². The zero-order valence-corrected chi connectivity index (χ0v) is 35.2. The summed E-state index contributed by atoms with van der Waals surface area (Å²) in [6.45, 7) is 12.2. The van der Waals surface area contributed by atoms with Gasteiger partial charge in [0.25, 0.3) is 0 Å². The Bertz CT molecular complexity index is 2480. The van der Waals surface area contributed by atoms with Crippen LogP contribution >= 0.6 is 0 Å². The number of likely N-dealkylation sites (N-methyl/N-ethyl adjacent to an activating group) is 1. The van der Waals surface area contributed by atoms with E-state index in [-0.39, 0.29) is 29.1 Å². The maximum Gasteiger partial charge on any atom is 0.410 e. The Kier molecular flexibility index (Phi) is 10.6. The van der Waals surface area contributed by atoms with Crippen molar-refractivity contribution in [2.45, 2.75) is 115 Å². The number of likely N-dealkylation sites (tertiary alicyclic amines) is 1. The summed E-state index contributed by atoms with van der Waals surface area (Å²) in [7, 11) is -2.06. The van der Waals surface area contributed by atoms with Gasteiger partial charge < -0.3 is 24.0 Å². The molecule has 3 aromatic carbocycles. The first-order valence-electron chi connectivity index (χ1n) is 20.5. The number of carbonyl (C=O) groups is 1. The van der Waals surface area contributed by atoms with Crippen LogP contribution in [0, 0.1) is 12.7 Å². The first-order valence-corrected chi connectivity index (χ1v) is 22.1. The number of rotatable bonds is 10. The van der Waals surface area contributed by atoms with Crippen molar-refractivity contribution in [1.29, 1.82) is 0 Å². The van der Waals surface area contributed by atoms with Gasteiger partial charge >= 0.3 is 6.09 Å². The van der Waals surface area contributed by atoms with Crippen LogP contribution in [-0.4, -0.2) is 83.3 Å². The van der Waals surface area contributed by atoms with Crippen LogP contribution in [0.3, 0.4) is 0 Å². The summed E-state index contributed by atoms with van der Waals surface area (Å²) in [5, 5.41) is 5.83. The molecule has 3 fully saturated rings. The molecule has 0 spiro atoms. The van der Waals surface area contributed by atoms with Crippen LogP contribution in [0.5, 0.6) is 5.75 Å². The molecule has 58 heavy (non-hydrogen) atoms. The van der Waals surface area contributed by atoms with Gasteiger partial charge in [-0.05, 0) is 102 Å². The van der Waals surface area contributed by atoms with Crippen LogP contribution in [0.4, 0.5) is 15.0 Å². The third-order valence-electron chi connectivity index (χ3n) is 11.7. The quantitative estimate of drug-likeness (QED) is 0.126. The van der Waals surface area contributed by atoms with Gasteiger partial charge in [0.05, 0.1) is 17.5 Å². The second-order valence-electron chi connectivity index (χ2n) is 16.9. The number of hydrogen-bond donors (Lipinski definition) is 0. The maximum atomic E-state index is 16.5. The van der Waals surface area contributed by atoms with E-state index < -0.39 is 33.5 Å². The minimum absolute atomic E-state index is 0.134. The zero-order chi connectivity index (χ0) is 41.1. The fourth-order valence-electron chi connectivity index (χ4n) is 8.26. The molecule has 2 aliphatic heterocycles.